The van der Waals surface area contributed by atoms with Gasteiger partial charge in [-0.25, -0.2) is 8.42 Å². The van der Waals surface area contributed by atoms with Crippen molar-refractivity contribution in [1.29, 1.82) is 0 Å². The normalized spacial score (nSPS) is 16.9. The van der Waals surface area contributed by atoms with Crippen LogP contribution >= 0.6 is 0 Å². The third kappa shape index (κ3) is 7.38. The number of aliphatic imine (C=N–C) groups is 1. The van der Waals surface area contributed by atoms with E-state index in [0.717, 1.165) is 19.5 Å². The average molecular weight is 344 g/mol. The molecule has 1 aliphatic rings. The monoisotopic (exact) mass is 343 g/mol. The number of nitrogens with one attached hydrogen (secondary N) is 2. The Kier molecular flexibility index (Phi) is 8.09. The molecular formula is C17H33N3O2S. The van der Waals surface area contributed by atoms with Crippen molar-refractivity contribution in [1.82, 2.24) is 10.6 Å². The van der Waals surface area contributed by atoms with E-state index in [1.165, 1.54) is 31.3 Å². The minimum atomic E-state index is -3.12. The summed E-state index contributed by atoms with van der Waals surface area (Å²) in [5.74, 6) is 0.783. The molecule has 0 aliphatic heterocycles. The van der Waals surface area contributed by atoms with Gasteiger partial charge in [-0.2, -0.15) is 0 Å². The summed E-state index contributed by atoms with van der Waals surface area (Å²) in [6.45, 7) is 9.09. The lowest BCUT2D eigenvalue weighted by Gasteiger charge is -2.18. The maximum Gasteiger partial charge on any atom is 0.191 e. The van der Waals surface area contributed by atoms with E-state index in [9.17, 15) is 8.42 Å². The third-order valence-electron chi connectivity index (χ3n) is 4.03. The van der Waals surface area contributed by atoms with E-state index in [0.29, 0.717) is 5.96 Å². The third-order valence-corrected chi connectivity index (χ3v) is 6.62. The summed E-state index contributed by atoms with van der Waals surface area (Å²) in [4.78, 5) is 4.39. The van der Waals surface area contributed by atoms with E-state index >= 15 is 0 Å². The van der Waals surface area contributed by atoms with Crippen LogP contribution in [0.25, 0.3) is 0 Å². The molecule has 0 aromatic rings. The van der Waals surface area contributed by atoms with Crippen molar-refractivity contribution in [2.24, 2.45) is 4.99 Å². The van der Waals surface area contributed by atoms with Crippen LogP contribution in [0.5, 0.6) is 0 Å². The highest BCUT2D eigenvalue weighted by Crippen LogP contribution is 2.19. The molecule has 1 aliphatic carbocycles. The Morgan fingerprint density at radius 3 is 2.57 bits per heavy atom. The summed E-state index contributed by atoms with van der Waals surface area (Å²) >= 11 is 0. The van der Waals surface area contributed by atoms with Crippen LogP contribution in [-0.4, -0.2) is 44.5 Å². The van der Waals surface area contributed by atoms with Gasteiger partial charge in [-0.3, -0.25) is 4.99 Å². The molecule has 5 nitrogen and oxygen atoms in total. The number of guanidine groups is 1. The van der Waals surface area contributed by atoms with Crippen LogP contribution in [0.4, 0.5) is 0 Å². The zero-order valence-electron chi connectivity index (χ0n) is 15.1. The predicted molar refractivity (Wildman–Crippen MR) is 98.7 cm³/mol. The van der Waals surface area contributed by atoms with Crippen molar-refractivity contribution in [3.63, 3.8) is 0 Å². The Balaban J connectivity index is 2.45. The van der Waals surface area contributed by atoms with E-state index in [2.05, 4.69) is 21.7 Å². The molecule has 2 N–H and O–H groups in total. The van der Waals surface area contributed by atoms with Gasteiger partial charge < -0.3 is 10.6 Å². The first-order valence-corrected chi connectivity index (χ1v) is 10.3. The molecule has 6 heteroatoms. The highest BCUT2D eigenvalue weighted by molar-refractivity contribution is 7.92. The number of nitrogens with zero attached hydrogens (tertiary/aromatic N) is 1. The first kappa shape index (κ1) is 20.0. The number of sulfone groups is 1. The summed E-state index contributed by atoms with van der Waals surface area (Å²) < 4.78 is 23.5. The molecule has 0 heterocycles. The van der Waals surface area contributed by atoms with Crippen molar-refractivity contribution in [2.45, 2.75) is 64.5 Å². The van der Waals surface area contributed by atoms with Gasteiger partial charge in [0, 0.05) is 13.1 Å². The lowest BCUT2D eigenvalue weighted by molar-refractivity contribution is 0.560. The molecule has 0 fully saturated rings. The second-order valence-corrected chi connectivity index (χ2v) is 9.84. The summed E-state index contributed by atoms with van der Waals surface area (Å²) in [5.41, 5.74) is 1.52. The highest BCUT2D eigenvalue weighted by atomic mass is 32.2. The molecule has 0 saturated heterocycles. The van der Waals surface area contributed by atoms with Crippen LogP contribution in [0.2, 0.25) is 0 Å². The molecule has 1 rings (SSSR count). The molecule has 0 amide bonds. The molecule has 0 unspecified atom stereocenters. The number of hydrogen-bond acceptors (Lipinski definition) is 3. The topological polar surface area (TPSA) is 70.6 Å². The van der Waals surface area contributed by atoms with E-state index in [-0.39, 0.29) is 12.3 Å². The Hall–Kier alpha value is -1.04. The quantitative estimate of drug-likeness (QED) is 0.423. The predicted octanol–water partition coefficient (Wildman–Crippen LogP) is 2.65. The lowest BCUT2D eigenvalue weighted by atomic mass is 9.97. The SMILES string of the molecule is CCNC(=NCCS(=O)(=O)C(C)(C)C)NCCC1=CCCCC1. The minimum absolute atomic E-state index is 0.0816. The van der Waals surface area contributed by atoms with Gasteiger partial charge in [0.25, 0.3) is 0 Å². The first-order chi connectivity index (χ1) is 10.8. The number of allylic oxidation sites excluding steroid dienone is 1. The smallest absolute Gasteiger partial charge is 0.191 e. The lowest BCUT2D eigenvalue weighted by Crippen LogP contribution is -2.38. The second-order valence-electron chi connectivity index (χ2n) is 6.98. The van der Waals surface area contributed by atoms with E-state index < -0.39 is 14.6 Å². The molecule has 0 spiro atoms. The minimum Gasteiger partial charge on any atom is -0.357 e. The van der Waals surface area contributed by atoms with Crippen molar-refractivity contribution >= 4 is 15.8 Å². The first-order valence-electron chi connectivity index (χ1n) is 8.68. The maximum absolute atomic E-state index is 12.1. The maximum atomic E-state index is 12.1. The fourth-order valence-electron chi connectivity index (χ4n) is 2.40. The Bertz CT molecular complexity index is 516. The molecular weight excluding hydrogens is 310 g/mol. The van der Waals surface area contributed by atoms with Gasteiger partial charge in [-0.1, -0.05) is 11.6 Å². The van der Waals surface area contributed by atoms with Gasteiger partial charge in [0.1, 0.15) is 0 Å². The van der Waals surface area contributed by atoms with Gasteiger partial charge in [0.05, 0.1) is 17.0 Å². The largest absolute Gasteiger partial charge is 0.357 e. The van der Waals surface area contributed by atoms with Gasteiger partial charge in [-0.05, 0) is 59.8 Å². The van der Waals surface area contributed by atoms with Crippen LogP contribution in [0.15, 0.2) is 16.6 Å². The van der Waals surface area contributed by atoms with Crippen LogP contribution in [0.3, 0.4) is 0 Å². The molecule has 0 aromatic heterocycles. The van der Waals surface area contributed by atoms with Gasteiger partial charge in [0.15, 0.2) is 15.8 Å². The molecule has 0 atom stereocenters. The van der Waals surface area contributed by atoms with Gasteiger partial charge in [0.2, 0.25) is 0 Å². The average Bonchev–Trinajstić information content (AvgIpc) is 2.47. The zero-order valence-corrected chi connectivity index (χ0v) is 15.9. The summed E-state index contributed by atoms with van der Waals surface area (Å²) in [6.07, 6.45) is 8.40. The van der Waals surface area contributed by atoms with Crippen LogP contribution in [0.1, 0.15) is 59.8 Å². The van der Waals surface area contributed by atoms with Crippen molar-refractivity contribution in [3.8, 4) is 0 Å². The van der Waals surface area contributed by atoms with Crippen molar-refractivity contribution in [3.05, 3.63) is 11.6 Å². The van der Waals surface area contributed by atoms with Crippen LogP contribution < -0.4 is 10.6 Å². The Morgan fingerprint density at radius 2 is 2.00 bits per heavy atom. The number of rotatable bonds is 7. The Labute approximate surface area is 142 Å². The molecule has 134 valence electrons. The fourth-order valence-corrected chi connectivity index (χ4v) is 3.34. The second kappa shape index (κ2) is 9.30. The standard InChI is InChI=1S/C17H33N3O2S/c1-5-18-16(19-12-11-15-9-7-6-8-10-15)20-13-14-23(21,22)17(2,3)4/h9H,5-8,10-14H2,1-4H3,(H2,18,19,20). The van der Waals surface area contributed by atoms with E-state index in [1.807, 2.05) is 6.92 Å². The van der Waals surface area contributed by atoms with Crippen molar-refractivity contribution in [2.75, 3.05) is 25.4 Å². The molecule has 23 heavy (non-hydrogen) atoms. The molecule has 0 radical (unpaired) electrons. The molecule has 0 saturated carbocycles. The molecule has 0 bridgehead atoms. The van der Waals surface area contributed by atoms with Crippen molar-refractivity contribution < 1.29 is 8.42 Å². The van der Waals surface area contributed by atoms with E-state index in [1.54, 1.807) is 20.8 Å². The molecule has 0 aromatic carbocycles. The summed E-state index contributed by atoms with van der Waals surface area (Å²) in [7, 11) is -3.12. The highest BCUT2D eigenvalue weighted by Gasteiger charge is 2.28. The Morgan fingerprint density at radius 1 is 1.26 bits per heavy atom. The zero-order chi connectivity index (χ0) is 17.3. The van der Waals surface area contributed by atoms with E-state index in [4.69, 9.17) is 0 Å². The van der Waals surface area contributed by atoms with Gasteiger partial charge in [-0.15, -0.1) is 0 Å². The fraction of sp³-hybridized carbons (Fsp3) is 0.824. The number of hydrogen-bond donors (Lipinski definition) is 2. The van der Waals surface area contributed by atoms with Gasteiger partial charge >= 0.3 is 0 Å². The van der Waals surface area contributed by atoms with Crippen LogP contribution in [0, 0.1) is 0 Å². The summed E-state index contributed by atoms with van der Waals surface area (Å²) in [6, 6.07) is 0. The summed E-state index contributed by atoms with van der Waals surface area (Å²) in [5, 5.41) is 6.47. The van der Waals surface area contributed by atoms with Crippen LogP contribution in [-0.2, 0) is 9.84 Å².